The molecular formula is C14H11FO4. The van der Waals surface area contributed by atoms with Gasteiger partial charge in [0.05, 0.1) is 18.1 Å². The number of carbonyl (C=O) groups is 2. The number of carbonyl (C=O) groups excluding carboxylic acids is 2. The summed E-state index contributed by atoms with van der Waals surface area (Å²) in [5.41, 5.74) is 0.192. The summed E-state index contributed by atoms with van der Waals surface area (Å²) in [4.78, 5) is 22.6. The molecule has 0 N–H and O–H groups in total. The Morgan fingerprint density at radius 1 is 1.21 bits per heavy atom. The monoisotopic (exact) mass is 262 g/mol. The summed E-state index contributed by atoms with van der Waals surface area (Å²) in [7, 11) is 1.24. The van der Waals surface area contributed by atoms with Crippen LogP contribution >= 0.6 is 0 Å². The molecule has 0 radical (unpaired) electrons. The first kappa shape index (κ1) is 13.0. The highest BCUT2D eigenvalue weighted by Gasteiger charge is 2.15. The van der Waals surface area contributed by atoms with Crippen LogP contribution in [0.5, 0.6) is 5.75 Å². The quantitative estimate of drug-likeness (QED) is 0.616. The Morgan fingerprint density at radius 2 is 1.95 bits per heavy atom. The van der Waals surface area contributed by atoms with Crippen LogP contribution in [0.1, 0.15) is 17.3 Å². The van der Waals surface area contributed by atoms with Gasteiger partial charge in [-0.1, -0.05) is 12.1 Å². The maximum atomic E-state index is 13.8. The third-order valence-electron chi connectivity index (χ3n) is 2.56. The third-order valence-corrected chi connectivity index (χ3v) is 2.56. The lowest BCUT2D eigenvalue weighted by Crippen LogP contribution is -2.06. The second kappa shape index (κ2) is 5.06. The fourth-order valence-corrected chi connectivity index (χ4v) is 1.81. The van der Waals surface area contributed by atoms with E-state index in [-0.39, 0.29) is 16.7 Å². The van der Waals surface area contributed by atoms with Crippen molar-refractivity contribution >= 4 is 22.7 Å². The van der Waals surface area contributed by atoms with Crippen LogP contribution < -0.4 is 4.74 Å². The van der Waals surface area contributed by atoms with E-state index in [2.05, 4.69) is 4.74 Å². The minimum Gasteiger partial charge on any atom is -0.465 e. The van der Waals surface area contributed by atoms with Gasteiger partial charge in [0.2, 0.25) is 0 Å². The fourth-order valence-electron chi connectivity index (χ4n) is 1.81. The van der Waals surface area contributed by atoms with E-state index in [1.165, 1.54) is 38.3 Å². The molecule has 19 heavy (non-hydrogen) atoms. The highest BCUT2D eigenvalue weighted by atomic mass is 19.1. The average molecular weight is 262 g/mol. The number of hydrogen-bond acceptors (Lipinski definition) is 4. The number of halogens is 1. The zero-order valence-corrected chi connectivity index (χ0v) is 10.4. The van der Waals surface area contributed by atoms with Crippen molar-refractivity contribution in [2.45, 2.75) is 6.92 Å². The first-order chi connectivity index (χ1) is 9.02. The van der Waals surface area contributed by atoms with E-state index in [0.29, 0.717) is 5.39 Å². The summed E-state index contributed by atoms with van der Waals surface area (Å²) in [6.07, 6.45) is 0. The molecule has 0 aliphatic heterocycles. The number of methoxy groups -OCH3 is 1. The molecule has 0 saturated carbocycles. The molecule has 0 unspecified atom stereocenters. The Balaban J connectivity index is 2.72. The van der Waals surface area contributed by atoms with Gasteiger partial charge in [-0.15, -0.1) is 0 Å². The molecule has 2 aromatic rings. The normalized spacial score (nSPS) is 10.3. The highest BCUT2D eigenvalue weighted by molar-refractivity contribution is 5.99. The second-order valence-electron chi connectivity index (χ2n) is 3.90. The van der Waals surface area contributed by atoms with Crippen LogP contribution in [0.4, 0.5) is 4.39 Å². The average Bonchev–Trinajstić information content (AvgIpc) is 2.36. The molecular weight excluding hydrogens is 251 g/mol. The minimum absolute atomic E-state index is 0.00324. The Kier molecular flexibility index (Phi) is 3.46. The molecule has 98 valence electrons. The van der Waals surface area contributed by atoms with Gasteiger partial charge in [-0.2, -0.15) is 0 Å². The summed E-state index contributed by atoms with van der Waals surface area (Å²) in [6, 6.07) is 7.16. The first-order valence-electron chi connectivity index (χ1n) is 5.52. The number of ether oxygens (including phenoxy) is 2. The molecule has 0 aliphatic rings. The van der Waals surface area contributed by atoms with Crippen LogP contribution in [0.15, 0.2) is 30.3 Å². The van der Waals surface area contributed by atoms with Crippen molar-refractivity contribution in [2.75, 3.05) is 7.11 Å². The largest absolute Gasteiger partial charge is 0.465 e. The van der Waals surface area contributed by atoms with Gasteiger partial charge in [0.25, 0.3) is 0 Å². The van der Waals surface area contributed by atoms with Gasteiger partial charge in [0.15, 0.2) is 0 Å². The number of benzene rings is 2. The van der Waals surface area contributed by atoms with Crippen molar-refractivity contribution in [3.8, 4) is 5.75 Å². The summed E-state index contributed by atoms with van der Waals surface area (Å²) in [6.45, 7) is 1.21. The lowest BCUT2D eigenvalue weighted by atomic mass is 10.1. The van der Waals surface area contributed by atoms with Gasteiger partial charge in [-0.25, -0.2) is 9.18 Å². The van der Waals surface area contributed by atoms with Gasteiger partial charge < -0.3 is 9.47 Å². The van der Waals surface area contributed by atoms with Crippen molar-refractivity contribution in [1.82, 2.24) is 0 Å². The molecule has 4 nitrogen and oxygen atoms in total. The predicted molar refractivity (Wildman–Crippen MR) is 66.6 cm³/mol. The highest BCUT2D eigenvalue weighted by Crippen LogP contribution is 2.30. The number of rotatable bonds is 2. The summed E-state index contributed by atoms with van der Waals surface area (Å²) >= 11 is 0. The van der Waals surface area contributed by atoms with E-state index in [1.807, 2.05) is 0 Å². The third kappa shape index (κ3) is 2.54. The molecule has 2 rings (SSSR count). The van der Waals surface area contributed by atoms with E-state index in [4.69, 9.17) is 4.74 Å². The Morgan fingerprint density at radius 3 is 2.58 bits per heavy atom. The van der Waals surface area contributed by atoms with Crippen LogP contribution in [0.25, 0.3) is 10.8 Å². The maximum Gasteiger partial charge on any atom is 0.338 e. The lowest BCUT2D eigenvalue weighted by molar-refractivity contribution is -0.131. The molecule has 0 amide bonds. The molecule has 0 aromatic heterocycles. The minimum atomic E-state index is -0.591. The zero-order chi connectivity index (χ0) is 14.0. The number of hydrogen-bond donors (Lipinski definition) is 0. The van der Waals surface area contributed by atoms with E-state index in [9.17, 15) is 14.0 Å². The van der Waals surface area contributed by atoms with E-state index >= 15 is 0 Å². The van der Waals surface area contributed by atoms with Crippen LogP contribution in [0.2, 0.25) is 0 Å². The van der Waals surface area contributed by atoms with Crippen LogP contribution in [0, 0.1) is 5.82 Å². The van der Waals surface area contributed by atoms with Crippen molar-refractivity contribution in [3.05, 3.63) is 41.7 Å². The summed E-state index contributed by atoms with van der Waals surface area (Å²) in [5, 5.41) is 0.615. The SMILES string of the molecule is COC(=O)c1cc(OC(C)=O)c2c(F)cccc2c1. The fraction of sp³-hybridized carbons (Fsp3) is 0.143. The summed E-state index contributed by atoms with van der Waals surface area (Å²) in [5.74, 6) is -1.69. The van der Waals surface area contributed by atoms with Crippen molar-refractivity contribution in [1.29, 1.82) is 0 Å². The lowest BCUT2D eigenvalue weighted by Gasteiger charge is -2.09. The number of fused-ring (bicyclic) bond motifs is 1. The Labute approximate surface area is 108 Å². The molecule has 0 saturated heterocycles. The zero-order valence-electron chi connectivity index (χ0n) is 10.4. The Bertz CT molecular complexity index is 664. The molecule has 0 fully saturated rings. The van der Waals surface area contributed by atoms with Gasteiger partial charge in [0.1, 0.15) is 11.6 Å². The molecule has 0 aliphatic carbocycles. The molecule has 0 atom stereocenters. The maximum absolute atomic E-state index is 13.8. The molecule has 0 heterocycles. The van der Waals surface area contributed by atoms with Crippen molar-refractivity contribution in [3.63, 3.8) is 0 Å². The number of esters is 2. The van der Waals surface area contributed by atoms with Crippen molar-refractivity contribution < 1.29 is 23.5 Å². The topological polar surface area (TPSA) is 52.6 Å². The van der Waals surface area contributed by atoms with Crippen molar-refractivity contribution in [2.24, 2.45) is 0 Å². The Hall–Kier alpha value is -2.43. The molecule has 0 spiro atoms. The van der Waals surface area contributed by atoms with Crippen LogP contribution in [-0.2, 0) is 9.53 Å². The standard InChI is InChI=1S/C14H11FO4/c1-8(16)19-12-7-10(14(17)18-2)6-9-4-3-5-11(15)13(9)12/h3-7H,1-2H3. The summed E-state index contributed by atoms with van der Waals surface area (Å²) < 4.78 is 23.4. The van der Waals surface area contributed by atoms with Gasteiger partial charge in [-0.05, 0) is 23.6 Å². The van der Waals surface area contributed by atoms with Crippen LogP contribution in [0.3, 0.4) is 0 Å². The van der Waals surface area contributed by atoms with E-state index < -0.39 is 17.8 Å². The molecule has 5 heteroatoms. The predicted octanol–water partition coefficient (Wildman–Crippen LogP) is 2.69. The van der Waals surface area contributed by atoms with E-state index in [0.717, 1.165) is 0 Å². The van der Waals surface area contributed by atoms with Gasteiger partial charge in [0, 0.05) is 6.92 Å². The van der Waals surface area contributed by atoms with Gasteiger partial charge in [-0.3, -0.25) is 4.79 Å². The molecule has 2 aromatic carbocycles. The molecule has 0 bridgehead atoms. The smallest absolute Gasteiger partial charge is 0.338 e. The van der Waals surface area contributed by atoms with E-state index in [1.54, 1.807) is 6.07 Å². The van der Waals surface area contributed by atoms with Gasteiger partial charge >= 0.3 is 11.9 Å². The first-order valence-corrected chi connectivity index (χ1v) is 5.52. The van der Waals surface area contributed by atoms with Crippen LogP contribution in [-0.4, -0.2) is 19.0 Å². The second-order valence-corrected chi connectivity index (χ2v) is 3.90.